The van der Waals surface area contributed by atoms with Crippen molar-refractivity contribution in [3.8, 4) is 0 Å². The van der Waals surface area contributed by atoms with Gasteiger partial charge in [0.25, 0.3) is 0 Å². The van der Waals surface area contributed by atoms with Crippen LogP contribution in [0.4, 0.5) is 0 Å². The SMILES string of the molecule is C[C@H](N)C(=O)N1C[C@@H]2C(=O)N(C)C(=O)[C@@H]2C1. The third-order valence-corrected chi connectivity index (χ3v) is 3.32. The number of imide groups is 1. The summed E-state index contributed by atoms with van der Waals surface area (Å²) >= 11 is 0. The van der Waals surface area contributed by atoms with E-state index >= 15 is 0 Å². The molecule has 2 aliphatic rings. The molecule has 16 heavy (non-hydrogen) atoms. The van der Waals surface area contributed by atoms with Crippen molar-refractivity contribution in [3.63, 3.8) is 0 Å². The van der Waals surface area contributed by atoms with E-state index in [0.29, 0.717) is 13.1 Å². The van der Waals surface area contributed by atoms with Crippen molar-refractivity contribution in [3.05, 3.63) is 0 Å². The number of hydrogen-bond donors (Lipinski definition) is 1. The smallest absolute Gasteiger partial charge is 0.239 e. The van der Waals surface area contributed by atoms with E-state index in [1.807, 2.05) is 0 Å². The zero-order valence-corrected chi connectivity index (χ0v) is 9.34. The van der Waals surface area contributed by atoms with Gasteiger partial charge in [0.2, 0.25) is 17.7 Å². The molecule has 0 aromatic rings. The molecule has 0 spiro atoms. The third kappa shape index (κ3) is 1.41. The highest BCUT2D eigenvalue weighted by Crippen LogP contribution is 2.32. The molecule has 2 saturated heterocycles. The minimum absolute atomic E-state index is 0.185. The van der Waals surface area contributed by atoms with E-state index in [9.17, 15) is 14.4 Å². The quantitative estimate of drug-likeness (QED) is 0.545. The van der Waals surface area contributed by atoms with E-state index in [-0.39, 0.29) is 29.6 Å². The van der Waals surface area contributed by atoms with Crippen molar-refractivity contribution < 1.29 is 14.4 Å². The Morgan fingerprint density at radius 1 is 1.31 bits per heavy atom. The third-order valence-electron chi connectivity index (χ3n) is 3.32. The standard InChI is InChI=1S/C10H15N3O3/c1-5(11)8(14)13-3-6-7(4-13)10(16)12(2)9(6)15/h5-7H,3-4,11H2,1-2H3/t5-,6-,7+/m0/s1. The lowest BCUT2D eigenvalue weighted by molar-refractivity contribution is -0.139. The summed E-state index contributed by atoms with van der Waals surface area (Å²) < 4.78 is 0. The summed E-state index contributed by atoms with van der Waals surface area (Å²) in [5.74, 6) is -1.29. The summed E-state index contributed by atoms with van der Waals surface area (Å²) in [5.41, 5.74) is 5.49. The van der Waals surface area contributed by atoms with Gasteiger partial charge in [-0.2, -0.15) is 0 Å². The van der Waals surface area contributed by atoms with Gasteiger partial charge in [0, 0.05) is 20.1 Å². The van der Waals surface area contributed by atoms with E-state index in [1.54, 1.807) is 6.92 Å². The average Bonchev–Trinajstić information content (AvgIpc) is 2.75. The average molecular weight is 225 g/mol. The van der Waals surface area contributed by atoms with Crippen LogP contribution >= 0.6 is 0 Å². The van der Waals surface area contributed by atoms with E-state index in [4.69, 9.17) is 5.73 Å². The van der Waals surface area contributed by atoms with E-state index in [0.717, 1.165) is 4.90 Å². The Labute approximate surface area is 93.4 Å². The highest BCUT2D eigenvalue weighted by molar-refractivity contribution is 6.06. The fraction of sp³-hybridized carbons (Fsp3) is 0.700. The maximum absolute atomic E-state index is 11.7. The van der Waals surface area contributed by atoms with Gasteiger partial charge in [-0.05, 0) is 6.92 Å². The van der Waals surface area contributed by atoms with Gasteiger partial charge in [0.15, 0.2) is 0 Å². The zero-order chi connectivity index (χ0) is 12.0. The molecule has 6 heteroatoms. The van der Waals surface area contributed by atoms with Crippen molar-refractivity contribution in [2.75, 3.05) is 20.1 Å². The molecule has 0 aromatic carbocycles. The van der Waals surface area contributed by atoms with Gasteiger partial charge in [-0.15, -0.1) is 0 Å². The number of hydrogen-bond acceptors (Lipinski definition) is 4. The second-order valence-corrected chi connectivity index (χ2v) is 4.48. The van der Waals surface area contributed by atoms with Crippen molar-refractivity contribution >= 4 is 17.7 Å². The monoisotopic (exact) mass is 225 g/mol. The van der Waals surface area contributed by atoms with Crippen LogP contribution < -0.4 is 5.73 Å². The summed E-state index contributed by atoms with van der Waals surface area (Å²) in [6, 6.07) is -0.582. The van der Waals surface area contributed by atoms with Gasteiger partial charge >= 0.3 is 0 Å². The highest BCUT2D eigenvalue weighted by atomic mass is 16.2. The lowest BCUT2D eigenvalue weighted by atomic mass is 10.00. The Balaban J connectivity index is 2.13. The molecule has 0 saturated carbocycles. The molecule has 0 aliphatic carbocycles. The van der Waals surface area contributed by atoms with Gasteiger partial charge in [0.1, 0.15) is 0 Å². The largest absolute Gasteiger partial charge is 0.340 e. The van der Waals surface area contributed by atoms with Gasteiger partial charge < -0.3 is 10.6 Å². The number of nitrogens with zero attached hydrogens (tertiary/aromatic N) is 2. The normalized spacial score (nSPS) is 30.9. The molecule has 6 nitrogen and oxygen atoms in total. The van der Waals surface area contributed by atoms with Gasteiger partial charge in [-0.25, -0.2) is 0 Å². The van der Waals surface area contributed by atoms with Crippen molar-refractivity contribution in [2.24, 2.45) is 17.6 Å². The maximum Gasteiger partial charge on any atom is 0.239 e. The second kappa shape index (κ2) is 3.55. The first-order valence-corrected chi connectivity index (χ1v) is 5.29. The molecule has 3 atom stereocenters. The number of carbonyl (C=O) groups excluding carboxylic acids is 3. The fourth-order valence-corrected chi connectivity index (χ4v) is 2.38. The van der Waals surface area contributed by atoms with Crippen molar-refractivity contribution in [1.82, 2.24) is 9.80 Å². The highest BCUT2D eigenvalue weighted by Gasteiger charge is 2.52. The summed E-state index contributed by atoms with van der Waals surface area (Å²) in [7, 11) is 1.49. The summed E-state index contributed by atoms with van der Waals surface area (Å²) in [6.07, 6.45) is 0. The lowest BCUT2D eigenvalue weighted by Gasteiger charge is -2.20. The molecule has 88 valence electrons. The second-order valence-electron chi connectivity index (χ2n) is 4.48. The Morgan fingerprint density at radius 2 is 1.75 bits per heavy atom. The first kappa shape index (κ1) is 11.1. The molecule has 0 aromatic heterocycles. The Hall–Kier alpha value is -1.43. The minimum Gasteiger partial charge on any atom is -0.340 e. The number of nitrogens with two attached hydrogens (primary N) is 1. The molecule has 3 amide bonds. The number of amides is 3. The molecular weight excluding hydrogens is 210 g/mol. The number of fused-ring (bicyclic) bond motifs is 1. The predicted molar refractivity (Wildman–Crippen MR) is 55.0 cm³/mol. The van der Waals surface area contributed by atoms with Crippen LogP contribution in [0.2, 0.25) is 0 Å². The minimum atomic E-state index is -0.582. The van der Waals surface area contributed by atoms with Crippen LogP contribution in [-0.4, -0.2) is 53.7 Å². The lowest BCUT2D eigenvalue weighted by Crippen LogP contribution is -2.43. The molecule has 2 N–H and O–H groups in total. The van der Waals surface area contributed by atoms with Gasteiger partial charge in [-0.1, -0.05) is 0 Å². The first-order chi connectivity index (χ1) is 7.43. The molecule has 0 unspecified atom stereocenters. The Bertz CT molecular complexity index is 342. The number of likely N-dealkylation sites (tertiary alicyclic amines) is 2. The van der Waals surface area contributed by atoms with Crippen molar-refractivity contribution in [2.45, 2.75) is 13.0 Å². The maximum atomic E-state index is 11.7. The summed E-state index contributed by atoms with van der Waals surface area (Å²) in [5, 5.41) is 0. The molecule has 2 rings (SSSR count). The first-order valence-electron chi connectivity index (χ1n) is 5.29. The van der Waals surface area contributed by atoms with Crippen LogP contribution in [0.1, 0.15) is 6.92 Å². The zero-order valence-electron chi connectivity index (χ0n) is 9.34. The van der Waals surface area contributed by atoms with Gasteiger partial charge in [0.05, 0.1) is 17.9 Å². The van der Waals surface area contributed by atoms with E-state index < -0.39 is 6.04 Å². The van der Waals surface area contributed by atoms with Crippen LogP contribution in [-0.2, 0) is 14.4 Å². The molecular formula is C10H15N3O3. The Morgan fingerprint density at radius 3 is 2.12 bits per heavy atom. The van der Waals surface area contributed by atoms with Crippen LogP contribution in [0, 0.1) is 11.8 Å². The van der Waals surface area contributed by atoms with Crippen LogP contribution in [0.15, 0.2) is 0 Å². The predicted octanol–water partition coefficient (Wildman–Crippen LogP) is -1.59. The van der Waals surface area contributed by atoms with E-state index in [1.165, 1.54) is 11.9 Å². The Kier molecular flexibility index (Phi) is 2.46. The molecule has 2 aliphatic heterocycles. The van der Waals surface area contributed by atoms with Crippen LogP contribution in [0.3, 0.4) is 0 Å². The van der Waals surface area contributed by atoms with Crippen LogP contribution in [0.5, 0.6) is 0 Å². The van der Waals surface area contributed by atoms with E-state index in [2.05, 4.69) is 0 Å². The number of rotatable bonds is 1. The summed E-state index contributed by atoms with van der Waals surface area (Å²) in [4.78, 5) is 37.7. The molecule has 2 heterocycles. The molecule has 0 radical (unpaired) electrons. The van der Waals surface area contributed by atoms with Crippen molar-refractivity contribution in [1.29, 1.82) is 0 Å². The fourth-order valence-electron chi connectivity index (χ4n) is 2.38. The topological polar surface area (TPSA) is 83.7 Å². The van der Waals surface area contributed by atoms with Gasteiger partial charge in [-0.3, -0.25) is 19.3 Å². The number of carbonyl (C=O) groups is 3. The van der Waals surface area contributed by atoms with Crippen LogP contribution in [0.25, 0.3) is 0 Å². The summed E-state index contributed by atoms with van der Waals surface area (Å²) in [6.45, 7) is 2.24. The molecule has 0 bridgehead atoms. The molecule has 2 fully saturated rings.